The number of ether oxygens (including phenoxy) is 2. The summed E-state index contributed by atoms with van der Waals surface area (Å²) in [7, 11) is 0. The Balaban J connectivity index is 1.52. The maximum Gasteiger partial charge on any atom is 0.410 e. The van der Waals surface area contributed by atoms with E-state index in [2.05, 4.69) is 24.1 Å². The van der Waals surface area contributed by atoms with Crippen LogP contribution in [0.2, 0.25) is 0 Å². The Morgan fingerprint density at radius 2 is 2.04 bits per heavy atom. The Bertz CT molecular complexity index is 832. The summed E-state index contributed by atoms with van der Waals surface area (Å²) in [5.41, 5.74) is 2.15. The van der Waals surface area contributed by atoms with E-state index in [0.717, 1.165) is 10.6 Å². The van der Waals surface area contributed by atoms with Crippen LogP contribution in [0.3, 0.4) is 0 Å². The number of anilines is 1. The number of aromatic nitrogens is 1. The van der Waals surface area contributed by atoms with E-state index in [9.17, 15) is 9.59 Å². The Kier molecular flexibility index (Phi) is 6.51. The van der Waals surface area contributed by atoms with E-state index in [1.807, 2.05) is 24.3 Å². The Morgan fingerprint density at radius 1 is 1.29 bits per heavy atom. The van der Waals surface area contributed by atoms with Gasteiger partial charge in [-0.1, -0.05) is 37.3 Å². The van der Waals surface area contributed by atoms with Crippen molar-refractivity contribution in [1.29, 1.82) is 0 Å². The zero-order chi connectivity index (χ0) is 20.1. The van der Waals surface area contributed by atoms with Gasteiger partial charge in [0, 0.05) is 17.8 Å². The largest absolute Gasteiger partial charge is 0.484 e. The van der Waals surface area contributed by atoms with Gasteiger partial charge < -0.3 is 14.4 Å². The smallest absolute Gasteiger partial charge is 0.410 e. The van der Waals surface area contributed by atoms with Gasteiger partial charge in [-0.15, -0.1) is 0 Å². The summed E-state index contributed by atoms with van der Waals surface area (Å²) in [6.45, 7) is 7.34. The van der Waals surface area contributed by atoms with Crippen LogP contribution in [0.1, 0.15) is 42.8 Å². The molecule has 0 unspecified atom stereocenters. The summed E-state index contributed by atoms with van der Waals surface area (Å²) < 4.78 is 10.6. The molecule has 1 aliphatic heterocycles. The number of carbonyl (C=O) groups excluding carboxylic acids is 2. The topological polar surface area (TPSA) is 80.8 Å². The average Bonchev–Trinajstić information content (AvgIpc) is 3.08. The van der Waals surface area contributed by atoms with Crippen LogP contribution < -0.4 is 10.1 Å². The van der Waals surface area contributed by atoms with Gasteiger partial charge >= 0.3 is 6.09 Å². The molecule has 0 radical (unpaired) electrons. The first-order valence-electron chi connectivity index (χ1n) is 9.39. The SMILES string of the molecule is CCOC(=O)N1CCc2nc(NC(=O)COc3ccc(C(C)C)cc3)sc2C1. The van der Waals surface area contributed by atoms with Crippen molar-refractivity contribution in [1.82, 2.24) is 9.88 Å². The van der Waals surface area contributed by atoms with E-state index >= 15 is 0 Å². The molecule has 0 spiro atoms. The van der Waals surface area contributed by atoms with Crippen molar-refractivity contribution in [2.75, 3.05) is 25.1 Å². The van der Waals surface area contributed by atoms with E-state index in [4.69, 9.17) is 9.47 Å². The van der Waals surface area contributed by atoms with Crippen LogP contribution in [0.5, 0.6) is 5.75 Å². The van der Waals surface area contributed by atoms with Crippen molar-refractivity contribution in [3.8, 4) is 5.75 Å². The van der Waals surface area contributed by atoms with E-state index in [-0.39, 0.29) is 18.6 Å². The standard InChI is InChI=1S/C20H25N3O4S/c1-4-26-20(25)23-10-9-16-17(11-23)28-19(21-16)22-18(24)12-27-15-7-5-14(6-8-15)13(2)3/h5-8,13H,4,9-12H2,1-3H3,(H,21,22,24). The van der Waals surface area contributed by atoms with Crippen LogP contribution >= 0.6 is 11.3 Å². The number of rotatable bonds is 6. The molecule has 2 aromatic rings. The molecular weight excluding hydrogens is 378 g/mol. The van der Waals surface area contributed by atoms with Gasteiger partial charge in [0.25, 0.3) is 5.91 Å². The number of hydrogen-bond donors (Lipinski definition) is 1. The highest BCUT2D eigenvalue weighted by molar-refractivity contribution is 7.15. The van der Waals surface area contributed by atoms with Crippen LogP contribution in [0.25, 0.3) is 0 Å². The molecule has 7 nitrogen and oxygen atoms in total. The molecule has 0 atom stereocenters. The molecule has 2 heterocycles. The number of amides is 2. The maximum absolute atomic E-state index is 12.2. The Hall–Kier alpha value is -2.61. The number of nitrogens with zero attached hydrogens (tertiary/aromatic N) is 2. The summed E-state index contributed by atoms with van der Waals surface area (Å²) in [4.78, 5) is 31.1. The first kappa shape index (κ1) is 20.1. The predicted octanol–water partition coefficient (Wildman–Crippen LogP) is 3.80. The molecule has 0 bridgehead atoms. The second kappa shape index (κ2) is 9.05. The number of fused-ring (bicyclic) bond motifs is 1. The van der Waals surface area contributed by atoms with Crippen LogP contribution in [0.15, 0.2) is 24.3 Å². The first-order chi connectivity index (χ1) is 13.5. The Labute approximate surface area is 168 Å². The van der Waals surface area contributed by atoms with Crippen molar-refractivity contribution < 1.29 is 19.1 Å². The van der Waals surface area contributed by atoms with Gasteiger partial charge in [-0.05, 0) is 30.5 Å². The van der Waals surface area contributed by atoms with E-state index in [1.165, 1.54) is 16.9 Å². The minimum Gasteiger partial charge on any atom is -0.484 e. The summed E-state index contributed by atoms with van der Waals surface area (Å²) in [5.74, 6) is 0.845. The van der Waals surface area contributed by atoms with E-state index in [0.29, 0.717) is 42.9 Å². The molecule has 0 saturated carbocycles. The fourth-order valence-corrected chi connectivity index (χ4v) is 3.91. The summed E-state index contributed by atoms with van der Waals surface area (Å²) in [6, 6.07) is 7.74. The van der Waals surface area contributed by atoms with Crippen molar-refractivity contribution in [2.24, 2.45) is 0 Å². The zero-order valence-electron chi connectivity index (χ0n) is 16.4. The molecule has 0 saturated heterocycles. The molecule has 1 aromatic heterocycles. The summed E-state index contributed by atoms with van der Waals surface area (Å²) in [5, 5.41) is 3.30. The average molecular weight is 404 g/mol. The minimum atomic E-state index is -0.316. The minimum absolute atomic E-state index is 0.0831. The fraction of sp³-hybridized carbons (Fsp3) is 0.450. The molecule has 3 rings (SSSR count). The van der Waals surface area contributed by atoms with Gasteiger partial charge in [0.15, 0.2) is 11.7 Å². The lowest BCUT2D eigenvalue weighted by atomic mass is 10.0. The molecule has 1 aromatic carbocycles. The molecule has 0 aliphatic carbocycles. The second-order valence-corrected chi connectivity index (χ2v) is 7.90. The third-order valence-corrected chi connectivity index (χ3v) is 5.42. The van der Waals surface area contributed by atoms with Gasteiger partial charge in [0.05, 0.1) is 18.8 Å². The highest BCUT2D eigenvalue weighted by atomic mass is 32.1. The number of benzene rings is 1. The third-order valence-electron chi connectivity index (χ3n) is 4.42. The quantitative estimate of drug-likeness (QED) is 0.793. The van der Waals surface area contributed by atoms with Gasteiger partial charge in [0.2, 0.25) is 0 Å². The van der Waals surface area contributed by atoms with Gasteiger partial charge in [0.1, 0.15) is 5.75 Å². The second-order valence-electron chi connectivity index (χ2n) is 6.82. The zero-order valence-corrected chi connectivity index (χ0v) is 17.2. The number of thiazole rings is 1. The molecule has 28 heavy (non-hydrogen) atoms. The Morgan fingerprint density at radius 3 is 2.71 bits per heavy atom. The molecule has 1 N–H and O–H groups in total. The van der Waals surface area contributed by atoms with Crippen molar-refractivity contribution in [2.45, 2.75) is 39.7 Å². The van der Waals surface area contributed by atoms with Crippen LogP contribution in [0.4, 0.5) is 9.93 Å². The van der Waals surface area contributed by atoms with E-state index < -0.39 is 0 Å². The van der Waals surface area contributed by atoms with Gasteiger partial charge in [-0.25, -0.2) is 9.78 Å². The summed E-state index contributed by atoms with van der Waals surface area (Å²) >= 11 is 1.38. The molecule has 2 amide bonds. The number of carbonyl (C=O) groups is 2. The molecular formula is C20H25N3O4S. The van der Waals surface area contributed by atoms with Crippen LogP contribution in [-0.2, 0) is 22.5 Å². The van der Waals surface area contributed by atoms with E-state index in [1.54, 1.807) is 11.8 Å². The van der Waals surface area contributed by atoms with Gasteiger partial charge in [-0.3, -0.25) is 10.1 Å². The maximum atomic E-state index is 12.2. The monoisotopic (exact) mass is 403 g/mol. The number of nitrogens with one attached hydrogen (secondary N) is 1. The predicted molar refractivity (Wildman–Crippen MR) is 108 cm³/mol. The molecule has 8 heteroatoms. The lowest BCUT2D eigenvalue weighted by Crippen LogP contribution is -2.35. The van der Waals surface area contributed by atoms with Crippen molar-refractivity contribution in [3.63, 3.8) is 0 Å². The highest BCUT2D eigenvalue weighted by Crippen LogP contribution is 2.28. The number of hydrogen-bond acceptors (Lipinski definition) is 6. The lowest BCUT2D eigenvalue weighted by molar-refractivity contribution is -0.118. The van der Waals surface area contributed by atoms with Crippen molar-refractivity contribution >= 4 is 28.5 Å². The summed E-state index contributed by atoms with van der Waals surface area (Å²) in [6.07, 6.45) is 0.336. The fourth-order valence-electron chi connectivity index (χ4n) is 2.87. The highest BCUT2D eigenvalue weighted by Gasteiger charge is 2.25. The normalized spacial score (nSPS) is 13.2. The third kappa shape index (κ3) is 5.01. The molecule has 150 valence electrons. The van der Waals surface area contributed by atoms with Gasteiger partial charge in [-0.2, -0.15) is 0 Å². The van der Waals surface area contributed by atoms with Crippen LogP contribution in [0, 0.1) is 0 Å². The van der Waals surface area contributed by atoms with Crippen molar-refractivity contribution in [3.05, 3.63) is 40.4 Å². The lowest BCUT2D eigenvalue weighted by Gasteiger charge is -2.24. The molecule has 0 fully saturated rings. The van der Waals surface area contributed by atoms with Crippen LogP contribution in [-0.4, -0.2) is 41.6 Å². The first-order valence-corrected chi connectivity index (χ1v) is 10.2. The molecule has 1 aliphatic rings.